The van der Waals surface area contributed by atoms with Crippen LogP contribution in [0.15, 0.2) is 176 Å². The SMILES string of the molecule is c1ccc(-c2cc(-c3ccc(-n4c5ccccc5c5ccc(-c6cccc7c6sc6ccccc67)cc54)cc3)nc(-c3ccccc3)n2)cc1. The molecule has 234 valence electrons. The van der Waals surface area contributed by atoms with Crippen molar-refractivity contribution >= 4 is 53.3 Å². The van der Waals surface area contributed by atoms with Crippen molar-refractivity contribution in [1.82, 2.24) is 14.5 Å². The number of benzene rings is 7. The lowest BCUT2D eigenvalue weighted by molar-refractivity contribution is 1.17. The van der Waals surface area contributed by atoms with Crippen molar-refractivity contribution in [3.63, 3.8) is 0 Å². The lowest BCUT2D eigenvalue weighted by Gasteiger charge is -2.12. The van der Waals surface area contributed by atoms with Crippen molar-refractivity contribution in [2.75, 3.05) is 0 Å². The van der Waals surface area contributed by atoms with Gasteiger partial charge in [0.25, 0.3) is 0 Å². The van der Waals surface area contributed by atoms with Gasteiger partial charge in [0, 0.05) is 53.3 Å². The van der Waals surface area contributed by atoms with Crippen molar-refractivity contribution in [3.8, 4) is 50.7 Å². The highest BCUT2D eigenvalue weighted by molar-refractivity contribution is 7.26. The van der Waals surface area contributed by atoms with E-state index >= 15 is 0 Å². The van der Waals surface area contributed by atoms with E-state index in [-0.39, 0.29) is 0 Å². The number of aromatic nitrogens is 3. The van der Waals surface area contributed by atoms with Gasteiger partial charge in [0.1, 0.15) is 0 Å². The quantitative estimate of drug-likeness (QED) is 0.185. The zero-order chi connectivity index (χ0) is 33.0. The molecule has 3 nitrogen and oxygen atoms in total. The predicted molar refractivity (Wildman–Crippen MR) is 211 cm³/mol. The van der Waals surface area contributed by atoms with Crippen molar-refractivity contribution in [1.29, 1.82) is 0 Å². The van der Waals surface area contributed by atoms with Gasteiger partial charge in [0.2, 0.25) is 0 Å². The van der Waals surface area contributed by atoms with Crippen LogP contribution >= 0.6 is 11.3 Å². The van der Waals surface area contributed by atoms with Crippen LogP contribution in [0.2, 0.25) is 0 Å². The fraction of sp³-hybridized carbons (Fsp3) is 0. The number of thiophene rings is 1. The fourth-order valence-electron chi connectivity index (χ4n) is 7.24. The van der Waals surface area contributed by atoms with Gasteiger partial charge >= 0.3 is 0 Å². The zero-order valence-corrected chi connectivity index (χ0v) is 27.8. The Kier molecular flexibility index (Phi) is 6.68. The van der Waals surface area contributed by atoms with Gasteiger partial charge < -0.3 is 4.57 Å². The molecule has 0 fully saturated rings. The summed E-state index contributed by atoms with van der Waals surface area (Å²) >= 11 is 1.88. The Morgan fingerprint density at radius 3 is 1.78 bits per heavy atom. The summed E-state index contributed by atoms with van der Waals surface area (Å²) in [5, 5.41) is 5.12. The molecule has 0 atom stereocenters. The van der Waals surface area contributed by atoms with Crippen LogP contribution in [0.4, 0.5) is 0 Å². The van der Waals surface area contributed by atoms with Crippen LogP contribution < -0.4 is 0 Å². The van der Waals surface area contributed by atoms with Crippen molar-refractivity contribution in [2.24, 2.45) is 0 Å². The lowest BCUT2D eigenvalue weighted by atomic mass is 10.0. The summed E-state index contributed by atoms with van der Waals surface area (Å²) in [6.07, 6.45) is 0. The maximum Gasteiger partial charge on any atom is 0.160 e. The number of nitrogens with zero attached hydrogens (tertiary/aromatic N) is 3. The fourth-order valence-corrected chi connectivity index (χ4v) is 8.48. The maximum absolute atomic E-state index is 5.06. The van der Waals surface area contributed by atoms with Crippen LogP contribution in [0.1, 0.15) is 0 Å². The number of rotatable bonds is 5. The summed E-state index contributed by atoms with van der Waals surface area (Å²) in [6, 6.07) is 62.5. The van der Waals surface area contributed by atoms with E-state index in [9.17, 15) is 0 Å². The first-order valence-corrected chi connectivity index (χ1v) is 17.6. The molecule has 7 aromatic carbocycles. The highest BCUT2D eigenvalue weighted by Gasteiger charge is 2.16. The standard InChI is InChI=1S/C46H29N3S/c1-3-12-30(13-4-1)40-29-41(48-46(47-40)32-14-5-2-6-15-32)31-22-25-34(26-23-31)49-42-20-9-7-16-36(42)37-27-24-33(28-43(37)49)35-18-11-19-39-38-17-8-10-21-44(38)50-45(35)39/h1-29H. The lowest BCUT2D eigenvalue weighted by Crippen LogP contribution is -1.97. The average Bonchev–Trinajstić information content (AvgIpc) is 3.74. The van der Waals surface area contributed by atoms with Gasteiger partial charge in [-0.3, -0.25) is 0 Å². The van der Waals surface area contributed by atoms with E-state index in [0.29, 0.717) is 0 Å². The van der Waals surface area contributed by atoms with Gasteiger partial charge in [0.05, 0.1) is 22.4 Å². The largest absolute Gasteiger partial charge is 0.309 e. The summed E-state index contributed by atoms with van der Waals surface area (Å²) in [5.74, 6) is 0.717. The number of hydrogen-bond acceptors (Lipinski definition) is 3. The van der Waals surface area contributed by atoms with Gasteiger partial charge in [-0.05, 0) is 47.5 Å². The zero-order valence-electron chi connectivity index (χ0n) is 27.0. The van der Waals surface area contributed by atoms with Crippen LogP contribution in [0.25, 0.3) is 92.7 Å². The summed E-state index contributed by atoms with van der Waals surface area (Å²) in [4.78, 5) is 10.0. The molecule has 0 aliphatic rings. The number of para-hydroxylation sites is 1. The third-order valence-corrected chi connectivity index (χ3v) is 10.9. The first-order chi connectivity index (χ1) is 24.8. The first kappa shape index (κ1) is 28.6. The highest BCUT2D eigenvalue weighted by atomic mass is 32.1. The highest BCUT2D eigenvalue weighted by Crippen LogP contribution is 2.42. The van der Waals surface area contributed by atoms with Crippen molar-refractivity contribution < 1.29 is 0 Å². The Morgan fingerprint density at radius 1 is 0.400 bits per heavy atom. The second-order valence-electron chi connectivity index (χ2n) is 12.6. The monoisotopic (exact) mass is 655 g/mol. The predicted octanol–water partition coefficient (Wildman–Crippen LogP) is 12.6. The molecule has 0 unspecified atom stereocenters. The molecule has 50 heavy (non-hydrogen) atoms. The van der Waals surface area contributed by atoms with E-state index in [1.54, 1.807) is 0 Å². The number of hydrogen-bond donors (Lipinski definition) is 0. The van der Waals surface area contributed by atoms with Crippen LogP contribution in [-0.4, -0.2) is 14.5 Å². The Hall–Kier alpha value is -6.36. The minimum absolute atomic E-state index is 0.717. The molecule has 10 rings (SSSR count). The molecule has 0 N–H and O–H groups in total. The molecule has 0 amide bonds. The minimum atomic E-state index is 0.717. The molecule has 0 bridgehead atoms. The van der Waals surface area contributed by atoms with E-state index in [4.69, 9.17) is 9.97 Å². The topological polar surface area (TPSA) is 30.7 Å². The van der Waals surface area contributed by atoms with Crippen LogP contribution in [0, 0.1) is 0 Å². The van der Waals surface area contributed by atoms with Crippen molar-refractivity contribution in [2.45, 2.75) is 0 Å². The van der Waals surface area contributed by atoms with Gasteiger partial charge in [-0.2, -0.15) is 0 Å². The maximum atomic E-state index is 5.06. The first-order valence-electron chi connectivity index (χ1n) is 16.8. The van der Waals surface area contributed by atoms with Gasteiger partial charge in [0.15, 0.2) is 5.82 Å². The molecule has 0 spiro atoms. The summed E-state index contributed by atoms with van der Waals surface area (Å²) < 4.78 is 5.05. The van der Waals surface area contributed by atoms with Crippen LogP contribution in [-0.2, 0) is 0 Å². The molecular formula is C46H29N3S. The summed E-state index contributed by atoms with van der Waals surface area (Å²) in [6.45, 7) is 0. The number of fused-ring (bicyclic) bond motifs is 6. The molecule has 0 aliphatic heterocycles. The Bertz CT molecular complexity index is 2790. The molecule has 10 aromatic rings. The normalized spacial score (nSPS) is 11.6. The van der Waals surface area contributed by atoms with Crippen molar-refractivity contribution in [3.05, 3.63) is 176 Å². The Morgan fingerprint density at radius 2 is 1.00 bits per heavy atom. The van der Waals surface area contributed by atoms with Crippen LogP contribution in [0.3, 0.4) is 0 Å². The third-order valence-electron chi connectivity index (χ3n) is 9.64. The van der Waals surface area contributed by atoms with Gasteiger partial charge in [-0.15, -0.1) is 11.3 Å². The molecule has 3 heterocycles. The van der Waals surface area contributed by atoms with Gasteiger partial charge in [-0.1, -0.05) is 140 Å². The van der Waals surface area contributed by atoms with E-state index in [1.165, 1.54) is 53.1 Å². The van der Waals surface area contributed by atoms with E-state index in [1.807, 2.05) is 47.7 Å². The second kappa shape index (κ2) is 11.7. The molecule has 0 radical (unpaired) electrons. The van der Waals surface area contributed by atoms with Crippen LogP contribution in [0.5, 0.6) is 0 Å². The van der Waals surface area contributed by atoms with E-state index in [0.717, 1.165) is 39.6 Å². The smallest absolute Gasteiger partial charge is 0.160 e. The van der Waals surface area contributed by atoms with E-state index < -0.39 is 0 Å². The Balaban J connectivity index is 1.12. The molecule has 0 saturated heterocycles. The van der Waals surface area contributed by atoms with Gasteiger partial charge in [-0.25, -0.2) is 9.97 Å². The van der Waals surface area contributed by atoms with E-state index in [2.05, 4.69) is 144 Å². The molecule has 4 heteroatoms. The minimum Gasteiger partial charge on any atom is -0.309 e. The third kappa shape index (κ3) is 4.73. The Labute approximate surface area is 293 Å². The average molecular weight is 656 g/mol. The second-order valence-corrected chi connectivity index (χ2v) is 13.7. The molecule has 3 aromatic heterocycles. The molecule has 0 aliphatic carbocycles. The molecule has 0 saturated carbocycles. The summed E-state index contributed by atoms with van der Waals surface area (Å²) in [7, 11) is 0. The molecular weight excluding hydrogens is 627 g/mol. The summed E-state index contributed by atoms with van der Waals surface area (Å²) in [5.41, 5.74) is 10.9.